The second-order valence-corrected chi connectivity index (χ2v) is 5.68. The fourth-order valence-corrected chi connectivity index (χ4v) is 2.64. The van der Waals surface area contributed by atoms with Crippen molar-refractivity contribution in [3.8, 4) is 17.2 Å². The van der Waals surface area contributed by atoms with E-state index in [2.05, 4.69) is 0 Å². The van der Waals surface area contributed by atoms with Crippen LogP contribution in [0.3, 0.4) is 0 Å². The molecule has 2 aromatic rings. The standard InChI is InChI=1S/C16H17O5P/c1-3-7-13-10-11-15(16(12-13)19-2)21-22(17,18)20-14-8-5-4-6-9-14/h3-12H,1-2H3,(H,17,18)/b7-3+. The zero-order chi connectivity index (χ0) is 16.0. The van der Waals surface area contributed by atoms with Crippen LogP contribution >= 0.6 is 7.82 Å². The summed E-state index contributed by atoms with van der Waals surface area (Å²) in [5.41, 5.74) is 0.892. The van der Waals surface area contributed by atoms with Crippen molar-refractivity contribution in [3.05, 3.63) is 60.2 Å². The third-order valence-corrected chi connectivity index (χ3v) is 3.59. The molecule has 1 N–H and O–H groups in total. The molecule has 2 aromatic carbocycles. The third kappa shape index (κ3) is 4.38. The Morgan fingerprint density at radius 3 is 2.41 bits per heavy atom. The van der Waals surface area contributed by atoms with Crippen LogP contribution in [-0.4, -0.2) is 12.0 Å². The molecule has 2 rings (SSSR count). The van der Waals surface area contributed by atoms with E-state index in [0.29, 0.717) is 5.75 Å². The highest BCUT2D eigenvalue weighted by atomic mass is 31.2. The number of hydrogen-bond acceptors (Lipinski definition) is 4. The van der Waals surface area contributed by atoms with Crippen LogP contribution < -0.4 is 13.8 Å². The first kappa shape index (κ1) is 16.1. The molecule has 1 unspecified atom stereocenters. The van der Waals surface area contributed by atoms with E-state index in [1.54, 1.807) is 48.5 Å². The first-order chi connectivity index (χ1) is 10.5. The summed E-state index contributed by atoms with van der Waals surface area (Å²) in [5.74, 6) is 0.733. The van der Waals surface area contributed by atoms with E-state index < -0.39 is 7.82 Å². The summed E-state index contributed by atoms with van der Waals surface area (Å²) < 4.78 is 27.4. The van der Waals surface area contributed by atoms with E-state index in [4.69, 9.17) is 13.8 Å². The smallest absolute Gasteiger partial charge is 0.493 e. The van der Waals surface area contributed by atoms with Gasteiger partial charge in [0.1, 0.15) is 5.75 Å². The molecule has 0 fully saturated rings. The average Bonchev–Trinajstić information content (AvgIpc) is 2.49. The number of methoxy groups -OCH3 is 1. The van der Waals surface area contributed by atoms with Crippen LogP contribution in [0.4, 0.5) is 0 Å². The lowest BCUT2D eigenvalue weighted by molar-refractivity contribution is 0.283. The van der Waals surface area contributed by atoms with E-state index in [1.165, 1.54) is 7.11 Å². The summed E-state index contributed by atoms with van der Waals surface area (Å²) in [4.78, 5) is 9.86. The lowest BCUT2D eigenvalue weighted by Gasteiger charge is -2.16. The Hall–Kier alpha value is -2.23. The number of rotatable bonds is 6. The molecule has 1 atom stereocenters. The zero-order valence-electron chi connectivity index (χ0n) is 12.3. The van der Waals surface area contributed by atoms with Gasteiger partial charge >= 0.3 is 7.82 Å². The van der Waals surface area contributed by atoms with Gasteiger partial charge in [0.15, 0.2) is 11.5 Å². The Bertz CT molecular complexity index is 697. The predicted octanol–water partition coefficient (Wildman–Crippen LogP) is 4.29. The summed E-state index contributed by atoms with van der Waals surface area (Å²) in [6.45, 7) is 1.90. The van der Waals surface area contributed by atoms with Crippen LogP contribution in [-0.2, 0) is 4.57 Å². The third-order valence-electron chi connectivity index (χ3n) is 2.72. The van der Waals surface area contributed by atoms with Gasteiger partial charge in [0.2, 0.25) is 0 Å². The molecule has 0 bridgehead atoms. The predicted molar refractivity (Wildman–Crippen MR) is 85.2 cm³/mol. The van der Waals surface area contributed by atoms with E-state index >= 15 is 0 Å². The van der Waals surface area contributed by atoms with Gasteiger partial charge in [0.25, 0.3) is 0 Å². The molecule has 0 aliphatic carbocycles. The number of para-hydroxylation sites is 1. The summed E-state index contributed by atoms with van der Waals surface area (Å²) in [6.07, 6.45) is 3.76. The molecular weight excluding hydrogens is 303 g/mol. The molecule has 0 spiro atoms. The highest BCUT2D eigenvalue weighted by molar-refractivity contribution is 7.48. The van der Waals surface area contributed by atoms with E-state index in [9.17, 15) is 9.46 Å². The number of phosphoric acid groups is 1. The molecule has 0 heterocycles. The maximum atomic E-state index is 12.1. The normalized spacial score (nSPS) is 13.6. The average molecular weight is 320 g/mol. The zero-order valence-corrected chi connectivity index (χ0v) is 13.2. The lowest BCUT2D eigenvalue weighted by atomic mass is 10.2. The molecule has 116 valence electrons. The Balaban J connectivity index is 2.20. The van der Waals surface area contributed by atoms with Crippen molar-refractivity contribution < 1.29 is 23.2 Å². The van der Waals surface area contributed by atoms with E-state index in [1.807, 2.05) is 19.1 Å². The van der Waals surface area contributed by atoms with Crippen molar-refractivity contribution in [2.45, 2.75) is 6.92 Å². The van der Waals surface area contributed by atoms with Gasteiger partial charge in [-0.2, -0.15) is 0 Å². The van der Waals surface area contributed by atoms with Crippen molar-refractivity contribution >= 4 is 13.9 Å². The molecule has 0 aliphatic heterocycles. The molecule has 6 heteroatoms. The maximum Gasteiger partial charge on any atom is 0.585 e. The van der Waals surface area contributed by atoms with Gasteiger partial charge in [0, 0.05) is 0 Å². The highest BCUT2D eigenvalue weighted by Gasteiger charge is 2.26. The summed E-state index contributed by atoms with van der Waals surface area (Å²) in [6, 6.07) is 13.3. The van der Waals surface area contributed by atoms with Crippen molar-refractivity contribution in [1.82, 2.24) is 0 Å². The van der Waals surface area contributed by atoms with Crippen molar-refractivity contribution in [2.24, 2.45) is 0 Å². The molecule has 0 saturated carbocycles. The number of allylic oxidation sites excluding steroid dienone is 1. The fourth-order valence-electron chi connectivity index (χ4n) is 1.81. The van der Waals surface area contributed by atoms with Gasteiger partial charge < -0.3 is 13.8 Å². The number of phosphoric ester groups is 1. The van der Waals surface area contributed by atoms with Crippen molar-refractivity contribution in [3.63, 3.8) is 0 Å². The number of hydrogen-bond donors (Lipinski definition) is 1. The Morgan fingerprint density at radius 2 is 1.77 bits per heavy atom. The summed E-state index contributed by atoms with van der Waals surface area (Å²) >= 11 is 0. The molecule has 0 amide bonds. The van der Waals surface area contributed by atoms with E-state index in [0.717, 1.165) is 5.56 Å². The second kappa shape index (κ2) is 7.16. The quantitative estimate of drug-likeness (QED) is 0.805. The van der Waals surface area contributed by atoms with Crippen LogP contribution in [0, 0.1) is 0 Å². The van der Waals surface area contributed by atoms with Gasteiger partial charge in [-0.05, 0) is 36.8 Å². The van der Waals surface area contributed by atoms with E-state index in [-0.39, 0.29) is 11.5 Å². The Kier molecular flexibility index (Phi) is 5.26. The van der Waals surface area contributed by atoms with Crippen LogP contribution in [0.1, 0.15) is 12.5 Å². The minimum Gasteiger partial charge on any atom is -0.493 e. The van der Waals surface area contributed by atoms with Crippen molar-refractivity contribution in [1.29, 1.82) is 0 Å². The molecule has 0 aliphatic rings. The monoisotopic (exact) mass is 320 g/mol. The highest BCUT2D eigenvalue weighted by Crippen LogP contribution is 2.47. The van der Waals surface area contributed by atoms with Gasteiger partial charge in [-0.15, -0.1) is 0 Å². The Labute approximate surface area is 129 Å². The van der Waals surface area contributed by atoms with Gasteiger partial charge in [-0.3, -0.25) is 4.89 Å². The Morgan fingerprint density at radius 1 is 1.05 bits per heavy atom. The summed E-state index contributed by atoms with van der Waals surface area (Å²) in [5, 5.41) is 0. The fraction of sp³-hybridized carbons (Fsp3) is 0.125. The molecule has 0 saturated heterocycles. The van der Waals surface area contributed by atoms with Crippen molar-refractivity contribution in [2.75, 3.05) is 7.11 Å². The molecule has 0 radical (unpaired) electrons. The minimum absolute atomic E-state index is 0.137. The molecular formula is C16H17O5P. The molecule has 22 heavy (non-hydrogen) atoms. The first-order valence-electron chi connectivity index (χ1n) is 6.62. The van der Waals surface area contributed by atoms with Crippen LogP contribution in [0.25, 0.3) is 6.08 Å². The lowest BCUT2D eigenvalue weighted by Crippen LogP contribution is -2.01. The second-order valence-electron chi connectivity index (χ2n) is 4.37. The molecule has 0 aromatic heterocycles. The SMILES string of the molecule is C/C=C/c1ccc(OP(=O)(O)Oc2ccccc2)c(OC)c1. The van der Waals surface area contributed by atoms with Crippen LogP contribution in [0.2, 0.25) is 0 Å². The van der Waals surface area contributed by atoms with Gasteiger partial charge in [-0.1, -0.05) is 36.4 Å². The first-order valence-corrected chi connectivity index (χ1v) is 8.11. The van der Waals surface area contributed by atoms with Gasteiger partial charge in [0.05, 0.1) is 7.11 Å². The summed E-state index contributed by atoms with van der Waals surface area (Å²) in [7, 11) is -2.84. The van der Waals surface area contributed by atoms with Crippen LogP contribution in [0.5, 0.6) is 17.2 Å². The largest absolute Gasteiger partial charge is 0.585 e. The minimum atomic E-state index is -4.30. The topological polar surface area (TPSA) is 65.0 Å². The maximum absolute atomic E-state index is 12.1. The number of benzene rings is 2. The number of ether oxygens (including phenoxy) is 1. The van der Waals surface area contributed by atoms with Gasteiger partial charge in [-0.25, -0.2) is 4.57 Å². The molecule has 5 nitrogen and oxygen atoms in total. The van der Waals surface area contributed by atoms with Crippen LogP contribution in [0.15, 0.2) is 54.6 Å².